The van der Waals surface area contributed by atoms with Gasteiger partial charge >= 0.3 is 5.97 Å². The van der Waals surface area contributed by atoms with Crippen molar-refractivity contribution in [3.63, 3.8) is 0 Å². The fourth-order valence-electron chi connectivity index (χ4n) is 3.63. The Morgan fingerprint density at radius 3 is 2.50 bits per heavy atom. The van der Waals surface area contributed by atoms with Crippen LogP contribution < -0.4 is 0 Å². The lowest BCUT2D eigenvalue weighted by molar-refractivity contribution is -0.149. The number of hydrogen-bond acceptors (Lipinski definition) is 4. The SMILES string of the molecule is O=C(SC1CCCC1C(=O)N1CCC[C@H]1C(=O)O)c1ccccc1. The minimum absolute atomic E-state index is 0.0171. The zero-order chi connectivity index (χ0) is 17.1. The second-order valence-corrected chi connectivity index (χ2v) is 7.59. The molecule has 1 heterocycles. The summed E-state index contributed by atoms with van der Waals surface area (Å²) in [4.78, 5) is 38.1. The van der Waals surface area contributed by atoms with Gasteiger partial charge in [0.25, 0.3) is 0 Å². The van der Waals surface area contributed by atoms with Crippen LogP contribution >= 0.6 is 11.8 Å². The van der Waals surface area contributed by atoms with Gasteiger partial charge in [-0.05, 0) is 25.7 Å². The van der Waals surface area contributed by atoms with E-state index in [1.807, 2.05) is 18.2 Å². The van der Waals surface area contributed by atoms with E-state index in [0.29, 0.717) is 18.5 Å². The normalized spacial score (nSPS) is 26.5. The van der Waals surface area contributed by atoms with Crippen LogP contribution in [0.3, 0.4) is 0 Å². The lowest BCUT2D eigenvalue weighted by Gasteiger charge is -2.27. The van der Waals surface area contributed by atoms with E-state index in [0.717, 1.165) is 25.7 Å². The first-order valence-electron chi connectivity index (χ1n) is 8.37. The van der Waals surface area contributed by atoms with Crippen molar-refractivity contribution in [3.05, 3.63) is 35.9 Å². The van der Waals surface area contributed by atoms with Crippen molar-refractivity contribution in [3.8, 4) is 0 Å². The quantitative estimate of drug-likeness (QED) is 0.906. The Morgan fingerprint density at radius 2 is 1.79 bits per heavy atom. The van der Waals surface area contributed by atoms with Crippen LogP contribution in [0.4, 0.5) is 0 Å². The van der Waals surface area contributed by atoms with Crippen LogP contribution in [0.2, 0.25) is 0 Å². The molecule has 1 aromatic rings. The molecule has 2 unspecified atom stereocenters. The number of carboxylic acid groups (broad SMARTS) is 1. The van der Waals surface area contributed by atoms with Gasteiger partial charge in [-0.15, -0.1) is 0 Å². The molecular weight excluding hydrogens is 326 g/mol. The maximum atomic E-state index is 12.8. The molecule has 5 nitrogen and oxygen atoms in total. The molecule has 0 spiro atoms. The highest BCUT2D eigenvalue weighted by atomic mass is 32.2. The number of likely N-dealkylation sites (tertiary alicyclic amines) is 1. The number of thioether (sulfide) groups is 1. The molecule has 24 heavy (non-hydrogen) atoms. The molecule has 0 bridgehead atoms. The number of aliphatic carboxylic acids is 1. The van der Waals surface area contributed by atoms with E-state index in [9.17, 15) is 19.5 Å². The molecule has 128 valence electrons. The molecule has 1 N–H and O–H groups in total. The summed E-state index contributed by atoms with van der Waals surface area (Å²) in [5.41, 5.74) is 0.644. The lowest BCUT2D eigenvalue weighted by Crippen LogP contribution is -2.44. The van der Waals surface area contributed by atoms with E-state index < -0.39 is 12.0 Å². The lowest BCUT2D eigenvalue weighted by atomic mass is 10.1. The molecule has 0 radical (unpaired) electrons. The summed E-state index contributed by atoms with van der Waals surface area (Å²) in [6.45, 7) is 0.510. The number of rotatable bonds is 4. The molecule has 1 aliphatic carbocycles. The Kier molecular flexibility index (Phi) is 5.23. The van der Waals surface area contributed by atoms with Crippen molar-refractivity contribution in [2.75, 3.05) is 6.54 Å². The average Bonchev–Trinajstić information content (AvgIpc) is 3.24. The molecule has 1 aromatic carbocycles. The van der Waals surface area contributed by atoms with Gasteiger partial charge in [0.15, 0.2) is 0 Å². The molecule has 1 saturated carbocycles. The zero-order valence-corrected chi connectivity index (χ0v) is 14.2. The number of benzene rings is 1. The van der Waals surface area contributed by atoms with E-state index in [1.165, 1.54) is 16.7 Å². The smallest absolute Gasteiger partial charge is 0.326 e. The van der Waals surface area contributed by atoms with Crippen LogP contribution in [-0.4, -0.2) is 44.8 Å². The second kappa shape index (κ2) is 7.38. The molecular formula is C18H21NO4S. The van der Waals surface area contributed by atoms with Crippen molar-refractivity contribution < 1.29 is 19.5 Å². The molecule has 0 aromatic heterocycles. The predicted octanol–water partition coefficient (Wildman–Crippen LogP) is 2.80. The van der Waals surface area contributed by atoms with Crippen LogP contribution in [0.25, 0.3) is 0 Å². The number of carboxylic acids is 1. The highest BCUT2D eigenvalue weighted by molar-refractivity contribution is 8.14. The van der Waals surface area contributed by atoms with Gasteiger partial charge in [0.05, 0.1) is 5.92 Å². The highest BCUT2D eigenvalue weighted by Gasteiger charge is 2.42. The van der Waals surface area contributed by atoms with Crippen LogP contribution in [0.1, 0.15) is 42.5 Å². The topological polar surface area (TPSA) is 74.7 Å². The summed E-state index contributed by atoms with van der Waals surface area (Å²) < 4.78 is 0. The minimum Gasteiger partial charge on any atom is -0.480 e. The number of amides is 1. The number of carbonyl (C=O) groups is 3. The van der Waals surface area contributed by atoms with Crippen molar-refractivity contribution in [1.29, 1.82) is 0 Å². The van der Waals surface area contributed by atoms with E-state index >= 15 is 0 Å². The van der Waals surface area contributed by atoms with E-state index in [1.54, 1.807) is 12.1 Å². The van der Waals surface area contributed by atoms with E-state index in [2.05, 4.69) is 0 Å². The highest BCUT2D eigenvalue weighted by Crippen LogP contribution is 2.38. The monoisotopic (exact) mass is 347 g/mol. The molecule has 3 atom stereocenters. The number of nitrogens with zero attached hydrogens (tertiary/aromatic N) is 1. The Balaban J connectivity index is 1.68. The fourth-order valence-corrected chi connectivity index (χ4v) is 4.88. The maximum Gasteiger partial charge on any atom is 0.326 e. The zero-order valence-electron chi connectivity index (χ0n) is 13.4. The van der Waals surface area contributed by atoms with Crippen molar-refractivity contribution in [2.45, 2.75) is 43.4 Å². The summed E-state index contributed by atoms with van der Waals surface area (Å²) in [5, 5.41) is 9.21. The Hall–Kier alpha value is -1.82. The summed E-state index contributed by atoms with van der Waals surface area (Å²) >= 11 is 1.23. The van der Waals surface area contributed by atoms with Gasteiger partial charge in [-0.2, -0.15) is 0 Å². The first-order chi connectivity index (χ1) is 11.6. The van der Waals surface area contributed by atoms with E-state index in [-0.39, 0.29) is 22.2 Å². The van der Waals surface area contributed by atoms with Crippen LogP contribution in [-0.2, 0) is 9.59 Å². The Morgan fingerprint density at radius 1 is 1.04 bits per heavy atom. The fraction of sp³-hybridized carbons (Fsp3) is 0.500. The van der Waals surface area contributed by atoms with Crippen molar-refractivity contribution >= 4 is 28.8 Å². The predicted molar refractivity (Wildman–Crippen MR) is 91.9 cm³/mol. The maximum absolute atomic E-state index is 12.8. The third-order valence-electron chi connectivity index (χ3n) is 4.86. The van der Waals surface area contributed by atoms with Crippen molar-refractivity contribution in [2.24, 2.45) is 5.92 Å². The van der Waals surface area contributed by atoms with Gasteiger partial charge in [0, 0.05) is 17.4 Å². The standard InChI is InChI=1S/C18H21NO4S/c20-16(19-11-5-9-14(19)17(21)22)13-8-4-10-15(13)24-18(23)12-6-2-1-3-7-12/h1-3,6-7,13-15H,4-5,8-11H2,(H,21,22)/t13?,14-,15?/m0/s1. The first kappa shape index (κ1) is 17.0. The third kappa shape index (κ3) is 3.48. The molecule has 6 heteroatoms. The molecule has 2 aliphatic rings. The van der Waals surface area contributed by atoms with E-state index in [4.69, 9.17) is 0 Å². The van der Waals surface area contributed by atoms with Crippen LogP contribution in [0.5, 0.6) is 0 Å². The molecule has 1 amide bonds. The Labute approximate surface area is 145 Å². The summed E-state index contributed by atoms with van der Waals surface area (Å²) in [6, 6.07) is 8.38. The van der Waals surface area contributed by atoms with Gasteiger partial charge in [-0.1, -0.05) is 48.5 Å². The minimum atomic E-state index is -0.927. The molecule has 3 rings (SSSR count). The average molecular weight is 347 g/mol. The first-order valence-corrected chi connectivity index (χ1v) is 9.25. The molecule has 1 saturated heterocycles. The van der Waals surface area contributed by atoms with Crippen LogP contribution in [0.15, 0.2) is 30.3 Å². The number of carbonyl (C=O) groups excluding carboxylic acids is 2. The Bertz CT molecular complexity index is 633. The van der Waals surface area contributed by atoms with Gasteiger partial charge in [0.2, 0.25) is 11.0 Å². The largest absolute Gasteiger partial charge is 0.480 e. The summed E-state index contributed by atoms with van der Waals surface area (Å²) in [5.74, 6) is -1.26. The van der Waals surface area contributed by atoms with Gasteiger partial charge in [-0.25, -0.2) is 4.79 Å². The third-order valence-corrected chi connectivity index (χ3v) is 6.18. The van der Waals surface area contributed by atoms with Gasteiger partial charge < -0.3 is 10.0 Å². The summed E-state index contributed by atoms with van der Waals surface area (Å²) in [6.07, 6.45) is 3.72. The van der Waals surface area contributed by atoms with Gasteiger partial charge in [-0.3, -0.25) is 9.59 Å². The molecule has 1 aliphatic heterocycles. The molecule has 2 fully saturated rings. The summed E-state index contributed by atoms with van der Waals surface area (Å²) in [7, 11) is 0. The second-order valence-electron chi connectivity index (χ2n) is 6.38. The van der Waals surface area contributed by atoms with Crippen molar-refractivity contribution in [1.82, 2.24) is 4.90 Å². The van der Waals surface area contributed by atoms with Crippen LogP contribution in [0, 0.1) is 5.92 Å². The van der Waals surface area contributed by atoms with Gasteiger partial charge in [0.1, 0.15) is 6.04 Å². The number of hydrogen-bond donors (Lipinski definition) is 1.